The molecule has 2 N–H and O–H groups in total. The molecule has 9 heteroatoms. The van der Waals surface area contributed by atoms with Gasteiger partial charge >= 0.3 is 12.0 Å². The van der Waals surface area contributed by atoms with Crippen molar-refractivity contribution in [3.05, 3.63) is 65.4 Å². The van der Waals surface area contributed by atoms with Gasteiger partial charge in [0.25, 0.3) is 0 Å². The van der Waals surface area contributed by atoms with Gasteiger partial charge in [0, 0.05) is 38.4 Å². The van der Waals surface area contributed by atoms with Crippen molar-refractivity contribution < 1.29 is 23.8 Å². The number of anilines is 1. The van der Waals surface area contributed by atoms with Gasteiger partial charge < -0.3 is 29.7 Å². The second kappa shape index (κ2) is 11.8. The van der Waals surface area contributed by atoms with Crippen molar-refractivity contribution in [1.29, 1.82) is 0 Å². The monoisotopic (exact) mass is 494 g/mol. The zero-order valence-corrected chi connectivity index (χ0v) is 21.1. The number of carbonyl (C=O) groups excluding carboxylic acids is 2. The summed E-state index contributed by atoms with van der Waals surface area (Å²) in [5.41, 5.74) is 2.86. The largest absolute Gasteiger partial charge is 0.497 e. The Morgan fingerprint density at radius 1 is 1.00 bits per heavy atom. The van der Waals surface area contributed by atoms with Crippen LogP contribution in [0, 0.1) is 0 Å². The molecule has 9 nitrogen and oxygen atoms in total. The van der Waals surface area contributed by atoms with Gasteiger partial charge in [-0.3, -0.25) is 4.90 Å². The van der Waals surface area contributed by atoms with Crippen LogP contribution in [0.25, 0.3) is 0 Å². The maximum absolute atomic E-state index is 13.1. The summed E-state index contributed by atoms with van der Waals surface area (Å²) in [6, 6.07) is 14.4. The van der Waals surface area contributed by atoms with Crippen molar-refractivity contribution in [2.75, 3.05) is 57.9 Å². The Morgan fingerprint density at radius 2 is 1.72 bits per heavy atom. The van der Waals surface area contributed by atoms with E-state index in [0.717, 1.165) is 43.2 Å². The number of urea groups is 1. The fourth-order valence-corrected chi connectivity index (χ4v) is 4.61. The first-order chi connectivity index (χ1) is 17.5. The Bertz CT molecular complexity index is 1090. The molecule has 2 aromatic rings. The molecule has 0 saturated carbocycles. The third-order valence-electron chi connectivity index (χ3n) is 6.36. The number of nitrogens with one attached hydrogen (secondary N) is 2. The lowest BCUT2D eigenvalue weighted by atomic mass is 9.94. The van der Waals surface area contributed by atoms with Crippen LogP contribution >= 0.6 is 0 Å². The maximum Gasteiger partial charge on any atom is 0.338 e. The van der Waals surface area contributed by atoms with Gasteiger partial charge in [-0.1, -0.05) is 24.3 Å². The zero-order valence-electron chi connectivity index (χ0n) is 21.1. The van der Waals surface area contributed by atoms with Crippen molar-refractivity contribution in [2.24, 2.45) is 0 Å². The van der Waals surface area contributed by atoms with Crippen LogP contribution in [0.5, 0.6) is 11.5 Å². The molecule has 0 spiro atoms. The number of piperazine rings is 1. The molecule has 0 aromatic heterocycles. The Hall–Kier alpha value is -3.72. The number of carbonyl (C=O) groups is 2. The van der Waals surface area contributed by atoms with E-state index in [4.69, 9.17) is 14.2 Å². The molecule has 0 aliphatic carbocycles. The molecule has 192 valence electrons. The second-order valence-corrected chi connectivity index (χ2v) is 8.58. The van der Waals surface area contributed by atoms with Gasteiger partial charge in [-0.05, 0) is 43.7 Å². The van der Waals surface area contributed by atoms with Crippen LogP contribution in [0.1, 0.15) is 25.5 Å². The van der Waals surface area contributed by atoms with Crippen LogP contribution in [0.4, 0.5) is 10.5 Å². The third kappa shape index (κ3) is 5.73. The van der Waals surface area contributed by atoms with E-state index in [0.29, 0.717) is 30.2 Å². The summed E-state index contributed by atoms with van der Waals surface area (Å²) >= 11 is 0. The van der Waals surface area contributed by atoms with Crippen molar-refractivity contribution in [3.8, 4) is 11.5 Å². The van der Waals surface area contributed by atoms with Crippen LogP contribution < -0.4 is 25.0 Å². The highest BCUT2D eigenvalue weighted by molar-refractivity contribution is 5.95. The minimum atomic E-state index is -0.613. The minimum Gasteiger partial charge on any atom is -0.497 e. The summed E-state index contributed by atoms with van der Waals surface area (Å²) < 4.78 is 16.4. The van der Waals surface area contributed by atoms with Crippen molar-refractivity contribution in [1.82, 2.24) is 15.5 Å². The van der Waals surface area contributed by atoms with Crippen LogP contribution in [0.2, 0.25) is 0 Å². The number of amides is 2. The average molecular weight is 495 g/mol. The second-order valence-electron chi connectivity index (χ2n) is 8.58. The number of ether oxygens (including phenoxy) is 3. The molecule has 1 atom stereocenters. The Morgan fingerprint density at radius 3 is 2.39 bits per heavy atom. The van der Waals surface area contributed by atoms with E-state index >= 15 is 0 Å². The quantitative estimate of drug-likeness (QED) is 0.518. The van der Waals surface area contributed by atoms with Crippen LogP contribution in [0.3, 0.4) is 0 Å². The first kappa shape index (κ1) is 25.4. The van der Waals surface area contributed by atoms with E-state index in [2.05, 4.69) is 26.5 Å². The van der Waals surface area contributed by atoms with Crippen LogP contribution in [0.15, 0.2) is 59.8 Å². The molecule has 2 aliphatic heterocycles. The van der Waals surface area contributed by atoms with Gasteiger partial charge in [0.15, 0.2) is 0 Å². The molecule has 2 amide bonds. The van der Waals surface area contributed by atoms with Crippen LogP contribution in [-0.4, -0.2) is 69.9 Å². The van der Waals surface area contributed by atoms with E-state index in [9.17, 15) is 9.59 Å². The summed E-state index contributed by atoms with van der Waals surface area (Å²) in [6.07, 6.45) is 0. The van der Waals surface area contributed by atoms with Gasteiger partial charge in [-0.15, -0.1) is 0 Å². The SMILES string of the molecule is CCOC(=O)C1=C(CN2CCN(c3ccccc3OCC)CC2)NC(=O)N[C@@H]1c1ccc(OC)cc1. The van der Waals surface area contributed by atoms with Gasteiger partial charge in [0.2, 0.25) is 0 Å². The number of methoxy groups -OCH3 is 1. The third-order valence-corrected chi connectivity index (χ3v) is 6.36. The lowest BCUT2D eigenvalue weighted by molar-refractivity contribution is -0.139. The van der Waals surface area contributed by atoms with E-state index < -0.39 is 12.0 Å². The molecule has 0 radical (unpaired) electrons. The smallest absolute Gasteiger partial charge is 0.338 e. The first-order valence-corrected chi connectivity index (χ1v) is 12.3. The number of esters is 1. The lowest BCUT2D eigenvalue weighted by Crippen LogP contribution is -2.51. The molecule has 4 rings (SSSR count). The van der Waals surface area contributed by atoms with E-state index in [1.165, 1.54) is 0 Å². The highest BCUT2D eigenvalue weighted by Crippen LogP contribution is 2.31. The molecule has 36 heavy (non-hydrogen) atoms. The molecule has 1 fully saturated rings. The summed E-state index contributed by atoms with van der Waals surface area (Å²) in [6.45, 7) is 8.22. The summed E-state index contributed by atoms with van der Waals surface area (Å²) in [7, 11) is 1.60. The van der Waals surface area contributed by atoms with E-state index in [-0.39, 0.29) is 12.6 Å². The number of hydrogen-bond acceptors (Lipinski definition) is 7. The van der Waals surface area contributed by atoms with E-state index in [1.807, 2.05) is 49.4 Å². The maximum atomic E-state index is 13.1. The predicted octanol–water partition coefficient (Wildman–Crippen LogP) is 3.09. The van der Waals surface area contributed by atoms with Crippen molar-refractivity contribution >= 4 is 17.7 Å². The first-order valence-electron chi connectivity index (χ1n) is 12.3. The molecular weight excluding hydrogens is 460 g/mol. The predicted molar refractivity (Wildman–Crippen MR) is 137 cm³/mol. The van der Waals surface area contributed by atoms with Crippen molar-refractivity contribution in [2.45, 2.75) is 19.9 Å². The average Bonchev–Trinajstić information content (AvgIpc) is 2.89. The topological polar surface area (TPSA) is 92.4 Å². The Balaban J connectivity index is 1.54. The highest BCUT2D eigenvalue weighted by Gasteiger charge is 2.34. The lowest BCUT2D eigenvalue weighted by Gasteiger charge is -2.38. The number of rotatable bonds is 9. The van der Waals surface area contributed by atoms with Gasteiger partial charge in [-0.2, -0.15) is 0 Å². The number of benzene rings is 2. The zero-order chi connectivity index (χ0) is 25.5. The van der Waals surface area contributed by atoms with Crippen LogP contribution in [-0.2, 0) is 9.53 Å². The minimum absolute atomic E-state index is 0.247. The molecule has 2 aromatic carbocycles. The summed E-state index contributed by atoms with van der Waals surface area (Å²) in [4.78, 5) is 30.2. The summed E-state index contributed by atoms with van der Waals surface area (Å²) in [5.74, 6) is 1.14. The molecule has 0 bridgehead atoms. The normalized spacial score (nSPS) is 18.4. The van der Waals surface area contributed by atoms with Gasteiger partial charge in [0.05, 0.1) is 37.6 Å². The van der Waals surface area contributed by atoms with E-state index in [1.54, 1.807) is 14.0 Å². The summed E-state index contributed by atoms with van der Waals surface area (Å²) in [5, 5.41) is 5.76. The van der Waals surface area contributed by atoms with Crippen molar-refractivity contribution in [3.63, 3.8) is 0 Å². The number of nitrogens with zero attached hydrogens (tertiary/aromatic N) is 2. The molecule has 2 aliphatic rings. The molecule has 1 saturated heterocycles. The molecular formula is C27H34N4O5. The van der Waals surface area contributed by atoms with Gasteiger partial charge in [0.1, 0.15) is 11.5 Å². The fraction of sp³-hybridized carbons (Fsp3) is 0.407. The standard InChI is InChI=1S/C27H34N4O5/c1-4-35-23-9-7-6-8-22(23)31-16-14-30(15-17-31)18-21-24(26(32)36-5-2)25(29-27(33)28-21)19-10-12-20(34-3)13-11-19/h6-13,25H,4-5,14-18H2,1-3H3,(H2,28,29,33)/t25-/m1/s1. The highest BCUT2D eigenvalue weighted by atomic mass is 16.5. The van der Waals surface area contributed by atoms with Gasteiger partial charge in [-0.25, -0.2) is 9.59 Å². The fourth-order valence-electron chi connectivity index (χ4n) is 4.61. The number of para-hydroxylation sites is 2. The number of hydrogen-bond donors (Lipinski definition) is 2. The molecule has 0 unspecified atom stereocenters. The molecule has 2 heterocycles. The Kier molecular flexibility index (Phi) is 8.32. The Labute approximate surface area is 212 Å².